The van der Waals surface area contributed by atoms with E-state index in [1.807, 2.05) is 0 Å². The third kappa shape index (κ3) is 8.99. The molecule has 0 aromatic heterocycles. The summed E-state index contributed by atoms with van der Waals surface area (Å²) in [4.78, 5) is 34.9. The van der Waals surface area contributed by atoms with E-state index >= 15 is 0 Å². The lowest BCUT2D eigenvalue weighted by atomic mass is 9.87. The standard InChI is InChI=1S/C32H36O9/c1-39-29(35)11-6-20-4-9-27(33)23(14-20)18-25-16-22(8-13-31(37)41-3)17-26(32(25)38)19-24-15-21(5-10-28(24)34)7-12-30(36)40-2/h4-6,9-11,15-17,20,33-34,38H,7-8,12-14,18-19H2,1-3H3. The number of aliphatic hydroxyl groups excluding tert-OH is 1. The molecule has 0 heterocycles. The minimum absolute atomic E-state index is 0.0164. The molecule has 0 bridgehead atoms. The molecule has 41 heavy (non-hydrogen) atoms. The molecule has 0 amide bonds. The van der Waals surface area contributed by atoms with Crippen molar-refractivity contribution in [2.24, 2.45) is 5.92 Å². The van der Waals surface area contributed by atoms with Crippen molar-refractivity contribution in [3.05, 3.63) is 93.8 Å². The van der Waals surface area contributed by atoms with Gasteiger partial charge in [0.05, 0.1) is 21.3 Å². The number of benzene rings is 2. The number of aliphatic hydroxyl groups is 1. The summed E-state index contributed by atoms with van der Waals surface area (Å²) in [5, 5.41) is 32.5. The van der Waals surface area contributed by atoms with Gasteiger partial charge in [-0.2, -0.15) is 0 Å². The fourth-order valence-corrected chi connectivity index (χ4v) is 4.67. The van der Waals surface area contributed by atoms with E-state index < -0.39 is 5.97 Å². The molecule has 9 heteroatoms. The maximum Gasteiger partial charge on any atom is 0.330 e. The van der Waals surface area contributed by atoms with Crippen molar-refractivity contribution < 1.29 is 43.9 Å². The average molecular weight is 565 g/mol. The zero-order chi connectivity index (χ0) is 29.9. The molecule has 218 valence electrons. The van der Waals surface area contributed by atoms with Crippen molar-refractivity contribution in [1.82, 2.24) is 0 Å². The number of phenols is 2. The molecule has 1 aliphatic rings. The SMILES string of the molecule is COC(=O)C=CC1C=CC(O)=C(Cc2cc(CCC(=O)OC)cc(Cc3cc(CCC(=O)OC)ccc3O)c2O)C1. The van der Waals surface area contributed by atoms with Crippen LogP contribution in [0, 0.1) is 5.92 Å². The number of phenolic OH excluding ortho intramolecular Hbond substituents is 2. The largest absolute Gasteiger partial charge is 0.508 e. The number of methoxy groups -OCH3 is 3. The third-order valence-electron chi connectivity index (χ3n) is 6.97. The molecule has 0 saturated carbocycles. The Balaban J connectivity index is 1.92. The summed E-state index contributed by atoms with van der Waals surface area (Å²) in [5.74, 6) is -1.17. The Morgan fingerprint density at radius 2 is 1.44 bits per heavy atom. The molecule has 1 aliphatic carbocycles. The second-order valence-corrected chi connectivity index (χ2v) is 9.83. The van der Waals surface area contributed by atoms with Crippen LogP contribution in [0.15, 0.2) is 66.0 Å². The van der Waals surface area contributed by atoms with Crippen molar-refractivity contribution in [3.63, 3.8) is 0 Å². The van der Waals surface area contributed by atoms with E-state index in [4.69, 9.17) is 9.47 Å². The van der Waals surface area contributed by atoms with Gasteiger partial charge in [-0.15, -0.1) is 0 Å². The first kappa shape index (κ1) is 31.0. The number of carbonyl (C=O) groups excluding carboxylic acids is 3. The minimum atomic E-state index is -0.475. The smallest absolute Gasteiger partial charge is 0.330 e. The van der Waals surface area contributed by atoms with Crippen molar-refractivity contribution in [1.29, 1.82) is 0 Å². The summed E-state index contributed by atoms with van der Waals surface area (Å²) in [6, 6.07) is 8.67. The van der Waals surface area contributed by atoms with Gasteiger partial charge in [0.25, 0.3) is 0 Å². The minimum Gasteiger partial charge on any atom is -0.508 e. The summed E-state index contributed by atoms with van der Waals surface area (Å²) in [6.45, 7) is 0. The van der Waals surface area contributed by atoms with E-state index in [0.29, 0.717) is 41.5 Å². The van der Waals surface area contributed by atoms with Gasteiger partial charge in [-0.25, -0.2) is 4.79 Å². The van der Waals surface area contributed by atoms with Crippen molar-refractivity contribution in [3.8, 4) is 11.5 Å². The maximum absolute atomic E-state index is 11.8. The van der Waals surface area contributed by atoms with Crippen LogP contribution in [0.2, 0.25) is 0 Å². The van der Waals surface area contributed by atoms with Crippen LogP contribution in [0.25, 0.3) is 0 Å². The number of allylic oxidation sites excluding steroid dienone is 4. The molecule has 3 N–H and O–H groups in total. The number of aryl methyl sites for hydroxylation is 2. The Morgan fingerprint density at radius 1 is 0.829 bits per heavy atom. The van der Waals surface area contributed by atoms with Crippen molar-refractivity contribution in [2.75, 3.05) is 21.3 Å². The monoisotopic (exact) mass is 564 g/mol. The van der Waals surface area contributed by atoms with Gasteiger partial charge in [0, 0.05) is 31.8 Å². The van der Waals surface area contributed by atoms with Gasteiger partial charge >= 0.3 is 17.9 Å². The predicted octanol–water partition coefficient (Wildman–Crippen LogP) is 4.56. The quantitative estimate of drug-likeness (QED) is 0.192. The van der Waals surface area contributed by atoms with Gasteiger partial charge in [0.2, 0.25) is 0 Å². The van der Waals surface area contributed by atoms with Crippen molar-refractivity contribution >= 4 is 17.9 Å². The molecular weight excluding hydrogens is 528 g/mol. The summed E-state index contributed by atoms with van der Waals surface area (Å²) in [6.07, 6.45) is 8.39. The zero-order valence-electron chi connectivity index (χ0n) is 23.5. The highest BCUT2D eigenvalue weighted by molar-refractivity contribution is 5.81. The Bertz CT molecular complexity index is 1370. The first-order valence-electron chi connectivity index (χ1n) is 13.3. The van der Waals surface area contributed by atoms with Gasteiger partial charge < -0.3 is 29.5 Å². The maximum atomic E-state index is 11.8. The summed E-state index contributed by atoms with van der Waals surface area (Å²) in [5.41, 5.74) is 3.95. The number of esters is 3. The van der Waals surface area contributed by atoms with E-state index in [1.165, 1.54) is 27.4 Å². The zero-order valence-corrected chi connectivity index (χ0v) is 23.5. The number of hydrogen-bond acceptors (Lipinski definition) is 9. The molecule has 0 aliphatic heterocycles. The Labute approximate surface area is 239 Å². The fraction of sp³-hybridized carbons (Fsp3) is 0.344. The normalized spacial score (nSPS) is 14.8. The summed E-state index contributed by atoms with van der Waals surface area (Å²) >= 11 is 0. The first-order valence-corrected chi connectivity index (χ1v) is 13.3. The second kappa shape index (κ2) is 14.7. The molecule has 3 rings (SSSR count). The molecule has 1 atom stereocenters. The molecule has 1 unspecified atom stereocenters. The van der Waals surface area contributed by atoms with Gasteiger partial charge in [-0.1, -0.05) is 36.4 Å². The highest BCUT2D eigenvalue weighted by atomic mass is 16.5. The highest BCUT2D eigenvalue weighted by Crippen LogP contribution is 2.34. The third-order valence-corrected chi connectivity index (χ3v) is 6.97. The van der Waals surface area contributed by atoms with E-state index in [0.717, 1.165) is 11.1 Å². The van der Waals surface area contributed by atoms with Gasteiger partial charge in [0.15, 0.2) is 0 Å². The van der Waals surface area contributed by atoms with Gasteiger partial charge in [-0.3, -0.25) is 9.59 Å². The van der Waals surface area contributed by atoms with E-state index in [-0.39, 0.29) is 60.8 Å². The molecule has 2 aromatic carbocycles. The predicted molar refractivity (Wildman–Crippen MR) is 151 cm³/mol. The lowest BCUT2D eigenvalue weighted by Gasteiger charge is -2.20. The molecule has 2 aromatic rings. The molecule has 0 saturated heterocycles. The molecular formula is C32H36O9. The topological polar surface area (TPSA) is 140 Å². The van der Waals surface area contributed by atoms with Crippen molar-refractivity contribution in [2.45, 2.75) is 44.9 Å². The summed E-state index contributed by atoms with van der Waals surface area (Å²) in [7, 11) is 3.95. The van der Waals surface area contributed by atoms with E-state index in [1.54, 1.807) is 48.6 Å². The van der Waals surface area contributed by atoms with E-state index in [9.17, 15) is 29.7 Å². The molecule has 0 fully saturated rings. The Hall–Kier alpha value is -4.53. The lowest BCUT2D eigenvalue weighted by molar-refractivity contribution is -0.141. The van der Waals surface area contributed by atoms with Crippen LogP contribution < -0.4 is 0 Å². The number of aromatic hydroxyl groups is 2. The van der Waals surface area contributed by atoms with Crippen LogP contribution in [0.4, 0.5) is 0 Å². The van der Waals surface area contributed by atoms with Crippen LogP contribution >= 0.6 is 0 Å². The van der Waals surface area contributed by atoms with Gasteiger partial charge in [-0.05, 0) is 70.7 Å². The Morgan fingerprint density at radius 3 is 2.07 bits per heavy atom. The molecule has 9 nitrogen and oxygen atoms in total. The fourth-order valence-electron chi connectivity index (χ4n) is 4.67. The van der Waals surface area contributed by atoms with Crippen LogP contribution in [-0.2, 0) is 54.3 Å². The first-order chi connectivity index (χ1) is 19.6. The lowest BCUT2D eigenvalue weighted by Crippen LogP contribution is -2.08. The number of hydrogen-bond donors (Lipinski definition) is 3. The highest BCUT2D eigenvalue weighted by Gasteiger charge is 2.20. The Kier molecular flexibility index (Phi) is 11.1. The summed E-state index contributed by atoms with van der Waals surface area (Å²) < 4.78 is 14.1. The van der Waals surface area contributed by atoms with Crippen LogP contribution in [0.3, 0.4) is 0 Å². The number of ether oxygens (including phenoxy) is 3. The van der Waals surface area contributed by atoms with Gasteiger partial charge in [0.1, 0.15) is 17.3 Å². The second-order valence-electron chi connectivity index (χ2n) is 9.83. The number of rotatable bonds is 12. The van der Waals surface area contributed by atoms with E-state index in [2.05, 4.69) is 4.74 Å². The average Bonchev–Trinajstić information content (AvgIpc) is 2.98. The van der Waals surface area contributed by atoms with Crippen LogP contribution in [0.5, 0.6) is 11.5 Å². The molecule has 0 spiro atoms. The van der Waals surface area contributed by atoms with Crippen LogP contribution in [0.1, 0.15) is 47.1 Å². The van der Waals surface area contributed by atoms with Crippen LogP contribution in [-0.4, -0.2) is 54.6 Å². The molecule has 0 radical (unpaired) electrons. The number of carbonyl (C=O) groups is 3.